The van der Waals surface area contributed by atoms with Crippen molar-refractivity contribution in [3.8, 4) is 11.5 Å². The van der Waals surface area contributed by atoms with Crippen molar-refractivity contribution < 1.29 is 27.2 Å². The lowest BCUT2D eigenvalue weighted by atomic mass is 10.0. The average Bonchev–Trinajstić information content (AvgIpc) is 2.78. The number of benzene rings is 3. The maximum Gasteiger partial charge on any atom is 0.297 e. The molecule has 3 rings (SSSR count). The van der Waals surface area contributed by atoms with Crippen LogP contribution in [0.25, 0.3) is 0 Å². The van der Waals surface area contributed by atoms with Crippen molar-refractivity contribution in [1.29, 1.82) is 0 Å². The Morgan fingerprint density at radius 3 is 2.13 bits per heavy atom. The molecular formula is C24H26O6S. The molecule has 6 nitrogen and oxygen atoms in total. The molecule has 0 unspecified atom stereocenters. The third kappa shape index (κ3) is 6.07. The van der Waals surface area contributed by atoms with E-state index in [9.17, 15) is 13.5 Å². The average molecular weight is 443 g/mol. The van der Waals surface area contributed by atoms with Gasteiger partial charge in [-0.25, -0.2) is 0 Å². The maximum atomic E-state index is 12.5. The molecule has 0 bridgehead atoms. The molecule has 3 aromatic rings. The fourth-order valence-corrected chi connectivity index (χ4v) is 3.91. The van der Waals surface area contributed by atoms with E-state index in [0.29, 0.717) is 23.7 Å². The zero-order valence-electron chi connectivity index (χ0n) is 17.5. The van der Waals surface area contributed by atoms with E-state index in [1.807, 2.05) is 38.1 Å². The summed E-state index contributed by atoms with van der Waals surface area (Å²) >= 11 is 0. The van der Waals surface area contributed by atoms with E-state index in [4.69, 9.17) is 13.7 Å². The van der Waals surface area contributed by atoms with Gasteiger partial charge in [0.25, 0.3) is 10.1 Å². The second kappa shape index (κ2) is 10.4. The second-order valence-corrected chi connectivity index (χ2v) is 8.56. The van der Waals surface area contributed by atoms with Gasteiger partial charge in [-0.15, -0.1) is 0 Å². The number of hydrogen-bond acceptors (Lipinski definition) is 6. The summed E-state index contributed by atoms with van der Waals surface area (Å²) in [4.78, 5) is 0.0316. The topological polar surface area (TPSA) is 82.1 Å². The van der Waals surface area contributed by atoms with Gasteiger partial charge < -0.3 is 14.6 Å². The molecule has 0 aliphatic heterocycles. The molecule has 3 aromatic carbocycles. The van der Waals surface area contributed by atoms with Crippen molar-refractivity contribution >= 4 is 10.1 Å². The van der Waals surface area contributed by atoms with Gasteiger partial charge in [-0.05, 0) is 43.7 Å². The largest absolute Gasteiger partial charge is 0.490 e. The zero-order valence-corrected chi connectivity index (χ0v) is 18.3. The van der Waals surface area contributed by atoms with Crippen molar-refractivity contribution in [2.24, 2.45) is 0 Å². The van der Waals surface area contributed by atoms with Crippen molar-refractivity contribution in [3.05, 3.63) is 90.0 Å². The van der Waals surface area contributed by atoms with Crippen LogP contribution in [-0.2, 0) is 14.3 Å². The minimum Gasteiger partial charge on any atom is -0.490 e. The third-order valence-electron chi connectivity index (χ3n) is 4.58. The minimum atomic E-state index is -4.02. The van der Waals surface area contributed by atoms with Crippen LogP contribution in [0.4, 0.5) is 0 Å². The molecule has 7 heteroatoms. The van der Waals surface area contributed by atoms with Crippen LogP contribution in [0.1, 0.15) is 24.2 Å². The number of rotatable bonds is 10. The Morgan fingerprint density at radius 2 is 1.48 bits per heavy atom. The van der Waals surface area contributed by atoms with Gasteiger partial charge in [0.1, 0.15) is 6.10 Å². The monoisotopic (exact) mass is 442 g/mol. The standard InChI is InChI=1S/C24H26O6S/c1-3-28-22-11-7-8-12-23(22)30-24(19-9-5-4-6-10-19)21(25)17-29-31(26,27)20-15-13-18(2)14-16-20/h4-16,21,24-25H,3,17H2,1-2H3/t21-,24+/m0/s1. The molecule has 0 aliphatic carbocycles. The molecule has 1 N–H and O–H groups in total. The molecule has 0 heterocycles. The maximum absolute atomic E-state index is 12.5. The predicted molar refractivity (Wildman–Crippen MR) is 118 cm³/mol. The van der Waals surface area contributed by atoms with E-state index in [1.165, 1.54) is 12.1 Å². The third-order valence-corrected chi connectivity index (χ3v) is 5.88. The van der Waals surface area contributed by atoms with E-state index < -0.39 is 28.9 Å². The van der Waals surface area contributed by atoms with Crippen LogP contribution in [-0.4, -0.2) is 32.8 Å². The first-order valence-electron chi connectivity index (χ1n) is 9.98. The summed E-state index contributed by atoms with van der Waals surface area (Å²) in [5.41, 5.74) is 1.61. The molecule has 164 valence electrons. The van der Waals surface area contributed by atoms with E-state index in [2.05, 4.69) is 0 Å². The molecule has 2 atom stereocenters. The lowest BCUT2D eigenvalue weighted by Gasteiger charge is -2.25. The highest BCUT2D eigenvalue weighted by molar-refractivity contribution is 7.86. The number of aryl methyl sites for hydroxylation is 1. The van der Waals surface area contributed by atoms with Crippen LogP contribution < -0.4 is 9.47 Å². The highest BCUT2D eigenvalue weighted by atomic mass is 32.2. The molecule has 0 amide bonds. The Balaban J connectivity index is 1.80. The first-order valence-corrected chi connectivity index (χ1v) is 11.4. The van der Waals surface area contributed by atoms with Crippen LogP contribution in [0.2, 0.25) is 0 Å². The van der Waals surface area contributed by atoms with Crippen molar-refractivity contribution in [3.63, 3.8) is 0 Å². The number of ether oxygens (including phenoxy) is 2. The minimum absolute atomic E-state index is 0.0316. The first-order chi connectivity index (χ1) is 14.9. The highest BCUT2D eigenvalue weighted by Gasteiger charge is 2.27. The summed E-state index contributed by atoms with van der Waals surface area (Å²) in [5, 5.41) is 10.8. The van der Waals surface area contributed by atoms with Crippen LogP contribution >= 0.6 is 0 Å². The van der Waals surface area contributed by atoms with Gasteiger partial charge in [-0.1, -0.05) is 60.2 Å². The normalized spacial score (nSPS) is 13.4. The first kappa shape index (κ1) is 22.8. The fraction of sp³-hybridized carbons (Fsp3) is 0.250. The summed E-state index contributed by atoms with van der Waals surface area (Å²) in [6, 6.07) is 22.5. The summed E-state index contributed by atoms with van der Waals surface area (Å²) < 4.78 is 41.9. The molecule has 31 heavy (non-hydrogen) atoms. The van der Waals surface area contributed by atoms with Crippen molar-refractivity contribution in [2.75, 3.05) is 13.2 Å². The molecule has 0 fully saturated rings. The molecule has 0 saturated carbocycles. The Hall–Kier alpha value is -2.87. The lowest BCUT2D eigenvalue weighted by molar-refractivity contribution is 0.00508. The number of aliphatic hydroxyl groups excluding tert-OH is 1. The van der Waals surface area contributed by atoms with E-state index in [0.717, 1.165) is 5.56 Å². The quantitative estimate of drug-likeness (QED) is 0.472. The fourth-order valence-electron chi connectivity index (χ4n) is 2.99. The summed E-state index contributed by atoms with van der Waals surface area (Å²) in [7, 11) is -4.02. The van der Waals surface area contributed by atoms with Crippen molar-refractivity contribution in [1.82, 2.24) is 0 Å². The predicted octanol–water partition coefficient (Wildman–Crippen LogP) is 4.28. The molecule has 0 spiro atoms. The van der Waals surface area contributed by atoms with E-state index in [-0.39, 0.29) is 4.90 Å². The Labute approximate surface area is 183 Å². The molecule has 0 aromatic heterocycles. The molecule has 0 saturated heterocycles. The molecule has 0 aliphatic rings. The summed E-state index contributed by atoms with van der Waals surface area (Å²) in [5.74, 6) is 0.977. The van der Waals surface area contributed by atoms with Gasteiger partial charge in [0.15, 0.2) is 17.6 Å². The number of hydrogen-bond donors (Lipinski definition) is 1. The summed E-state index contributed by atoms with van der Waals surface area (Å²) in [6.45, 7) is 3.72. The van der Waals surface area contributed by atoms with Crippen LogP contribution in [0, 0.1) is 6.92 Å². The number of para-hydroxylation sites is 2. The lowest BCUT2D eigenvalue weighted by Crippen LogP contribution is -2.29. The van der Waals surface area contributed by atoms with Gasteiger partial charge in [-0.3, -0.25) is 4.18 Å². The zero-order chi connectivity index (χ0) is 22.3. The smallest absolute Gasteiger partial charge is 0.297 e. The second-order valence-electron chi connectivity index (χ2n) is 6.95. The van der Waals surface area contributed by atoms with E-state index in [1.54, 1.807) is 42.5 Å². The van der Waals surface area contributed by atoms with Crippen molar-refractivity contribution in [2.45, 2.75) is 31.0 Å². The SMILES string of the molecule is CCOc1ccccc1O[C@H](c1ccccc1)[C@@H](O)COS(=O)(=O)c1ccc(C)cc1. The Kier molecular flexibility index (Phi) is 7.68. The van der Waals surface area contributed by atoms with Gasteiger partial charge >= 0.3 is 0 Å². The highest BCUT2D eigenvalue weighted by Crippen LogP contribution is 2.33. The summed E-state index contributed by atoms with van der Waals surface area (Å²) in [6.07, 6.45) is -2.12. The van der Waals surface area contributed by atoms with Crippen LogP contribution in [0.3, 0.4) is 0 Å². The molecule has 0 radical (unpaired) electrons. The Bertz CT molecular complexity index is 1060. The Morgan fingerprint density at radius 1 is 0.871 bits per heavy atom. The van der Waals surface area contributed by atoms with Crippen LogP contribution in [0.15, 0.2) is 83.8 Å². The number of aliphatic hydroxyl groups is 1. The van der Waals surface area contributed by atoms with Gasteiger partial charge in [0.2, 0.25) is 0 Å². The molecular weight excluding hydrogens is 416 g/mol. The van der Waals surface area contributed by atoms with Crippen LogP contribution in [0.5, 0.6) is 11.5 Å². The van der Waals surface area contributed by atoms with E-state index >= 15 is 0 Å². The van der Waals surface area contributed by atoms with Gasteiger partial charge in [0, 0.05) is 0 Å². The van der Waals surface area contributed by atoms with Gasteiger partial charge in [-0.2, -0.15) is 8.42 Å². The van der Waals surface area contributed by atoms with Gasteiger partial charge in [0.05, 0.1) is 18.1 Å².